The first-order valence-electron chi connectivity index (χ1n) is 7.34. The lowest BCUT2D eigenvalue weighted by Gasteiger charge is -2.29. The highest BCUT2D eigenvalue weighted by Crippen LogP contribution is 2.29. The zero-order chi connectivity index (χ0) is 13.9. The summed E-state index contributed by atoms with van der Waals surface area (Å²) in [7, 11) is 1.65. The molecule has 1 saturated carbocycles. The number of ether oxygens (including phenoxy) is 2. The third kappa shape index (κ3) is 6.36. The molecule has 3 N–H and O–H groups in total. The molecule has 1 rings (SSSR count). The van der Waals surface area contributed by atoms with Gasteiger partial charge >= 0.3 is 0 Å². The maximum absolute atomic E-state index is 12.1. The molecule has 19 heavy (non-hydrogen) atoms. The molecule has 0 spiro atoms. The van der Waals surface area contributed by atoms with Crippen molar-refractivity contribution in [2.75, 3.05) is 40.0 Å². The van der Waals surface area contributed by atoms with Crippen molar-refractivity contribution in [3.63, 3.8) is 0 Å². The van der Waals surface area contributed by atoms with Gasteiger partial charge in [-0.2, -0.15) is 0 Å². The Morgan fingerprint density at radius 1 is 1.26 bits per heavy atom. The summed E-state index contributed by atoms with van der Waals surface area (Å²) in [6.07, 6.45) is 5.27. The van der Waals surface area contributed by atoms with Crippen molar-refractivity contribution in [2.45, 2.75) is 32.1 Å². The number of amides is 1. The smallest absolute Gasteiger partial charge is 0.223 e. The Balaban J connectivity index is 2.09. The van der Waals surface area contributed by atoms with Gasteiger partial charge in [-0.05, 0) is 31.7 Å². The van der Waals surface area contributed by atoms with E-state index >= 15 is 0 Å². The molecule has 112 valence electrons. The SMILES string of the molecule is COCCOCCCNC(=O)C1CCCCC1CN. The van der Waals surface area contributed by atoms with E-state index in [2.05, 4.69) is 5.32 Å². The van der Waals surface area contributed by atoms with Gasteiger partial charge in [0.05, 0.1) is 13.2 Å². The van der Waals surface area contributed by atoms with Gasteiger partial charge in [-0.1, -0.05) is 12.8 Å². The van der Waals surface area contributed by atoms with E-state index in [-0.39, 0.29) is 11.8 Å². The van der Waals surface area contributed by atoms with Crippen LogP contribution >= 0.6 is 0 Å². The number of carbonyl (C=O) groups is 1. The highest BCUT2D eigenvalue weighted by atomic mass is 16.5. The average Bonchev–Trinajstić information content (AvgIpc) is 2.46. The van der Waals surface area contributed by atoms with Crippen molar-refractivity contribution in [3.8, 4) is 0 Å². The highest BCUT2D eigenvalue weighted by molar-refractivity contribution is 5.79. The second-order valence-corrected chi connectivity index (χ2v) is 5.14. The van der Waals surface area contributed by atoms with Gasteiger partial charge < -0.3 is 20.5 Å². The molecule has 1 aliphatic rings. The molecule has 5 heteroatoms. The molecule has 0 aromatic heterocycles. The maximum atomic E-state index is 12.1. The van der Waals surface area contributed by atoms with E-state index in [0.29, 0.717) is 38.8 Å². The van der Waals surface area contributed by atoms with Crippen LogP contribution < -0.4 is 11.1 Å². The van der Waals surface area contributed by atoms with E-state index in [4.69, 9.17) is 15.2 Å². The Labute approximate surface area is 116 Å². The van der Waals surface area contributed by atoms with Crippen LogP contribution in [-0.2, 0) is 14.3 Å². The van der Waals surface area contributed by atoms with Crippen molar-refractivity contribution >= 4 is 5.91 Å². The van der Waals surface area contributed by atoms with E-state index in [1.54, 1.807) is 7.11 Å². The fourth-order valence-corrected chi connectivity index (χ4v) is 2.60. The number of carbonyl (C=O) groups excluding carboxylic acids is 1. The van der Waals surface area contributed by atoms with Crippen LogP contribution in [0.4, 0.5) is 0 Å². The van der Waals surface area contributed by atoms with Crippen LogP contribution in [0.2, 0.25) is 0 Å². The summed E-state index contributed by atoms with van der Waals surface area (Å²) < 4.78 is 10.2. The molecule has 0 aliphatic heterocycles. The molecule has 0 radical (unpaired) electrons. The lowest BCUT2D eigenvalue weighted by atomic mass is 9.79. The van der Waals surface area contributed by atoms with Crippen LogP contribution in [0.1, 0.15) is 32.1 Å². The maximum Gasteiger partial charge on any atom is 0.223 e. The van der Waals surface area contributed by atoms with E-state index in [0.717, 1.165) is 25.7 Å². The average molecular weight is 272 g/mol. The number of hydrogen-bond donors (Lipinski definition) is 2. The van der Waals surface area contributed by atoms with E-state index in [1.165, 1.54) is 6.42 Å². The summed E-state index contributed by atoms with van der Waals surface area (Å²) in [4.78, 5) is 12.1. The number of hydrogen-bond acceptors (Lipinski definition) is 4. The number of nitrogens with one attached hydrogen (secondary N) is 1. The predicted octanol–water partition coefficient (Wildman–Crippen LogP) is 0.921. The highest BCUT2D eigenvalue weighted by Gasteiger charge is 2.29. The molecule has 5 nitrogen and oxygen atoms in total. The molecule has 1 aliphatic carbocycles. The van der Waals surface area contributed by atoms with E-state index < -0.39 is 0 Å². The van der Waals surface area contributed by atoms with Gasteiger partial charge in [-0.3, -0.25) is 4.79 Å². The first-order chi connectivity index (χ1) is 9.29. The van der Waals surface area contributed by atoms with Gasteiger partial charge in [0.15, 0.2) is 0 Å². The molecule has 0 bridgehead atoms. The monoisotopic (exact) mass is 272 g/mol. The summed E-state index contributed by atoms with van der Waals surface area (Å²) in [6, 6.07) is 0. The quantitative estimate of drug-likeness (QED) is 0.612. The fourth-order valence-electron chi connectivity index (χ4n) is 2.60. The second kappa shape index (κ2) is 10.2. The number of nitrogens with two attached hydrogens (primary N) is 1. The molecule has 0 aromatic carbocycles. The van der Waals surface area contributed by atoms with Crippen LogP contribution in [-0.4, -0.2) is 45.9 Å². The van der Waals surface area contributed by atoms with Crippen molar-refractivity contribution in [3.05, 3.63) is 0 Å². The minimum Gasteiger partial charge on any atom is -0.382 e. The Kier molecular flexibility index (Phi) is 8.79. The Bertz CT molecular complexity index is 249. The van der Waals surface area contributed by atoms with E-state index in [1.807, 2.05) is 0 Å². The molecular formula is C14H28N2O3. The van der Waals surface area contributed by atoms with Crippen LogP contribution in [0, 0.1) is 11.8 Å². The molecule has 1 fully saturated rings. The van der Waals surface area contributed by atoms with Crippen LogP contribution in [0.5, 0.6) is 0 Å². The van der Waals surface area contributed by atoms with Crippen LogP contribution in [0.25, 0.3) is 0 Å². The third-order valence-electron chi connectivity index (χ3n) is 3.75. The Hall–Kier alpha value is -0.650. The molecule has 2 unspecified atom stereocenters. The molecule has 0 heterocycles. The summed E-state index contributed by atoms with van der Waals surface area (Å²) in [5.41, 5.74) is 5.74. The fraction of sp³-hybridized carbons (Fsp3) is 0.929. The molecule has 1 amide bonds. The largest absolute Gasteiger partial charge is 0.382 e. The molecule has 2 atom stereocenters. The van der Waals surface area contributed by atoms with Gasteiger partial charge in [0.1, 0.15) is 0 Å². The first-order valence-corrected chi connectivity index (χ1v) is 7.34. The van der Waals surface area contributed by atoms with Crippen molar-refractivity contribution in [1.82, 2.24) is 5.32 Å². The van der Waals surface area contributed by atoms with Gasteiger partial charge in [0.25, 0.3) is 0 Å². The summed E-state index contributed by atoms with van der Waals surface area (Å²) in [5.74, 6) is 0.659. The summed E-state index contributed by atoms with van der Waals surface area (Å²) >= 11 is 0. The Morgan fingerprint density at radius 3 is 2.79 bits per heavy atom. The van der Waals surface area contributed by atoms with Crippen molar-refractivity contribution in [2.24, 2.45) is 17.6 Å². The minimum atomic E-state index is 0.119. The molecular weight excluding hydrogens is 244 g/mol. The third-order valence-corrected chi connectivity index (χ3v) is 3.75. The van der Waals surface area contributed by atoms with Crippen LogP contribution in [0.3, 0.4) is 0 Å². The zero-order valence-electron chi connectivity index (χ0n) is 12.0. The van der Waals surface area contributed by atoms with Gasteiger partial charge in [0, 0.05) is 26.2 Å². The Morgan fingerprint density at radius 2 is 2.05 bits per heavy atom. The van der Waals surface area contributed by atoms with Gasteiger partial charge in [-0.25, -0.2) is 0 Å². The second-order valence-electron chi connectivity index (χ2n) is 5.14. The molecule has 0 aromatic rings. The minimum absolute atomic E-state index is 0.119. The zero-order valence-corrected chi connectivity index (χ0v) is 12.0. The number of rotatable bonds is 9. The van der Waals surface area contributed by atoms with Gasteiger partial charge in [0.2, 0.25) is 5.91 Å². The lowest BCUT2D eigenvalue weighted by Crippen LogP contribution is -2.39. The van der Waals surface area contributed by atoms with Crippen LogP contribution in [0.15, 0.2) is 0 Å². The topological polar surface area (TPSA) is 73.6 Å². The summed E-state index contributed by atoms with van der Waals surface area (Å²) in [6.45, 7) is 3.20. The molecule has 0 saturated heterocycles. The first kappa shape index (κ1) is 16.4. The standard InChI is InChI=1S/C14H28N2O3/c1-18-9-10-19-8-4-7-16-14(17)13-6-3-2-5-12(13)11-15/h12-13H,2-11,15H2,1H3,(H,16,17). The normalized spacial score (nSPS) is 23.3. The van der Waals surface area contributed by atoms with Crippen molar-refractivity contribution < 1.29 is 14.3 Å². The lowest BCUT2D eigenvalue weighted by molar-refractivity contribution is -0.127. The van der Waals surface area contributed by atoms with Gasteiger partial charge in [-0.15, -0.1) is 0 Å². The predicted molar refractivity (Wildman–Crippen MR) is 74.8 cm³/mol. The van der Waals surface area contributed by atoms with E-state index in [9.17, 15) is 4.79 Å². The summed E-state index contributed by atoms with van der Waals surface area (Å²) in [5, 5.41) is 3.00. The number of methoxy groups -OCH3 is 1. The van der Waals surface area contributed by atoms with Crippen molar-refractivity contribution in [1.29, 1.82) is 0 Å².